The summed E-state index contributed by atoms with van der Waals surface area (Å²) in [6.45, 7) is 9.33. The molecule has 2 aromatic heterocycles. The van der Waals surface area contributed by atoms with Crippen LogP contribution >= 0.6 is 0 Å². The predicted octanol–water partition coefficient (Wildman–Crippen LogP) is 3.22. The Kier molecular flexibility index (Phi) is 7.07. The average molecular weight is 424 g/mol. The van der Waals surface area contributed by atoms with Gasteiger partial charge in [-0.2, -0.15) is 34.9 Å². The van der Waals surface area contributed by atoms with E-state index in [-0.39, 0.29) is 45.0 Å². The van der Waals surface area contributed by atoms with Gasteiger partial charge in [0, 0.05) is 51.5 Å². The molecule has 0 N–H and O–H groups in total. The minimum atomic E-state index is 0. The zero-order chi connectivity index (χ0) is 18.0. The number of aryl methyl sites for hydroxylation is 2. The van der Waals surface area contributed by atoms with Crippen molar-refractivity contribution in [2.75, 3.05) is 13.1 Å². The molecule has 3 rings (SSSR count). The third-order valence-corrected chi connectivity index (χ3v) is 4.38. The second-order valence-corrected chi connectivity index (χ2v) is 6.15. The fraction of sp³-hybridized carbons (Fsp3) is 0.350. The van der Waals surface area contributed by atoms with E-state index in [9.17, 15) is 4.79 Å². The van der Waals surface area contributed by atoms with Crippen LogP contribution in [0.1, 0.15) is 30.8 Å². The van der Waals surface area contributed by atoms with Gasteiger partial charge in [-0.25, -0.2) is 9.50 Å². The van der Waals surface area contributed by atoms with Gasteiger partial charge in [-0.1, -0.05) is 6.92 Å². The van der Waals surface area contributed by atoms with Crippen LogP contribution in [0.4, 0.5) is 0 Å². The summed E-state index contributed by atoms with van der Waals surface area (Å²) in [5.74, 6) is 0.0902. The van der Waals surface area contributed by atoms with Gasteiger partial charge in [0.15, 0.2) is 5.65 Å². The summed E-state index contributed by atoms with van der Waals surface area (Å²) in [4.78, 5) is 19.2. The predicted molar refractivity (Wildman–Crippen MR) is 98.4 cm³/mol. The molecule has 6 heteroatoms. The number of likely N-dealkylation sites (N-methyl/N-ethyl adjacent to an activating group) is 1. The van der Waals surface area contributed by atoms with Crippen molar-refractivity contribution in [3.63, 3.8) is 0 Å². The number of aromatic nitrogens is 3. The number of fused-ring (bicyclic) bond motifs is 1. The maximum Gasteiger partial charge on any atom is 0.228 e. The first-order valence-electron chi connectivity index (χ1n) is 8.65. The van der Waals surface area contributed by atoms with Gasteiger partial charge in [-0.15, -0.1) is 5.56 Å². The number of nitrogens with zero attached hydrogens (tertiary/aromatic N) is 4. The van der Waals surface area contributed by atoms with Crippen LogP contribution in [0.5, 0.6) is 0 Å². The van der Waals surface area contributed by atoms with E-state index in [2.05, 4.69) is 11.2 Å². The van der Waals surface area contributed by atoms with Gasteiger partial charge in [0.25, 0.3) is 0 Å². The van der Waals surface area contributed by atoms with Gasteiger partial charge in [-0.05, 0) is 32.9 Å². The Bertz CT molecular complexity index is 898. The molecular weight excluding hydrogens is 401 g/mol. The molecule has 0 aliphatic heterocycles. The fourth-order valence-corrected chi connectivity index (χ4v) is 2.94. The maximum absolute atomic E-state index is 12.7. The van der Waals surface area contributed by atoms with Crippen LogP contribution in [0.25, 0.3) is 16.9 Å². The molecule has 0 aliphatic rings. The smallest absolute Gasteiger partial charge is 0.228 e. The number of hydrogen-bond donors (Lipinski definition) is 0. The van der Waals surface area contributed by atoms with E-state index in [1.54, 1.807) is 4.52 Å². The largest absolute Gasteiger partial charge is 0.343 e. The average Bonchev–Trinajstić information content (AvgIpc) is 2.94. The maximum atomic E-state index is 12.7. The second kappa shape index (κ2) is 8.87. The van der Waals surface area contributed by atoms with E-state index >= 15 is 0 Å². The first kappa shape index (κ1) is 20.7. The first-order chi connectivity index (χ1) is 12.0. The minimum absolute atomic E-state index is 0. The first-order valence-corrected chi connectivity index (χ1v) is 8.65. The third kappa shape index (κ3) is 4.21. The monoisotopic (exact) mass is 424 g/mol. The van der Waals surface area contributed by atoms with Crippen molar-refractivity contribution in [2.45, 2.75) is 34.1 Å². The molecule has 0 unspecified atom stereocenters. The van der Waals surface area contributed by atoms with Gasteiger partial charge in [0.05, 0.1) is 17.8 Å². The molecule has 133 valence electrons. The number of carbonyl (C=O) groups is 1. The number of benzene rings is 1. The molecule has 5 nitrogen and oxygen atoms in total. The number of hydrogen-bond acceptors (Lipinski definition) is 3. The van der Waals surface area contributed by atoms with Crippen molar-refractivity contribution < 1.29 is 37.5 Å². The van der Waals surface area contributed by atoms with E-state index in [4.69, 9.17) is 4.98 Å². The van der Waals surface area contributed by atoms with E-state index in [1.807, 2.05) is 62.9 Å². The molecule has 0 saturated heterocycles. The summed E-state index contributed by atoms with van der Waals surface area (Å²) < 4.78 is 1.80. The van der Waals surface area contributed by atoms with Gasteiger partial charge < -0.3 is 4.90 Å². The molecule has 0 aliphatic carbocycles. The van der Waals surface area contributed by atoms with Crippen LogP contribution in [0.2, 0.25) is 0 Å². The number of rotatable bonds is 5. The fourth-order valence-electron chi connectivity index (χ4n) is 2.94. The molecule has 0 saturated carbocycles. The van der Waals surface area contributed by atoms with Crippen LogP contribution in [0, 0.1) is 19.9 Å². The van der Waals surface area contributed by atoms with Gasteiger partial charge in [-0.3, -0.25) is 4.79 Å². The normalized spacial score (nSPS) is 10.6. The van der Waals surface area contributed by atoms with Crippen molar-refractivity contribution in [3.05, 3.63) is 53.3 Å². The zero-order valence-corrected chi connectivity index (χ0v) is 18.6. The Labute approximate surface area is 179 Å². The van der Waals surface area contributed by atoms with E-state index in [0.717, 1.165) is 33.9 Å². The summed E-state index contributed by atoms with van der Waals surface area (Å²) in [6.07, 6.45) is 0.280. The van der Waals surface area contributed by atoms with Gasteiger partial charge >= 0.3 is 0 Å². The second-order valence-electron chi connectivity index (χ2n) is 6.15. The van der Waals surface area contributed by atoms with E-state index in [1.165, 1.54) is 0 Å². The SMILES string of the molecule is CCN(CC)C(=O)Cc1c(-c2c[c-]c(C)cc2)nc2ccc(C)nn12.[Y]. The molecule has 1 radical (unpaired) electrons. The van der Waals surface area contributed by atoms with Gasteiger partial charge in [0.2, 0.25) is 5.91 Å². The summed E-state index contributed by atoms with van der Waals surface area (Å²) in [5, 5.41) is 4.58. The summed E-state index contributed by atoms with van der Waals surface area (Å²) in [7, 11) is 0. The molecule has 1 aromatic carbocycles. The Hall–Kier alpha value is -1.59. The Balaban J connectivity index is 0.00000243. The Morgan fingerprint density at radius 3 is 2.50 bits per heavy atom. The van der Waals surface area contributed by atoms with Crippen molar-refractivity contribution in [2.24, 2.45) is 0 Å². The molecule has 0 fully saturated rings. The minimum Gasteiger partial charge on any atom is -0.343 e. The van der Waals surface area contributed by atoms with E-state index < -0.39 is 0 Å². The summed E-state index contributed by atoms with van der Waals surface area (Å²) in [5.41, 5.74) is 5.30. The van der Waals surface area contributed by atoms with Crippen LogP contribution in [0.3, 0.4) is 0 Å². The zero-order valence-electron chi connectivity index (χ0n) is 15.8. The van der Waals surface area contributed by atoms with Crippen LogP contribution in [-0.2, 0) is 43.9 Å². The van der Waals surface area contributed by atoms with E-state index in [0.29, 0.717) is 13.1 Å². The molecule has 0 spiro atoms. The molecule has 3 aromatic rings. The molecule has 26 heavy (non-hydrogen) atoms. The standard InChI is InChI=1S/C20H23N4O.Y/c1-5-23(6-2)19(25)13-17-20(16-10-7-14(3)8-11-16)21-18-12-9-15(4)22-24(17)18;/h7,9-12H,5-6,13H2,1-4H3;/q-1;. The molecule has 1 amide bonds. The number of carbonyl (C=O) groups excluding carboxylic acids is 1. The summed E-state index contributed by atoms with van der Waals surface area (Å²) in [6, 6.07) is 13.0. The topological polar surface area (TPSA) is 50.5 Å². The van der Waals surface area contributed by atoms with Crippen LogP contribution in [-0.4, -0.2) is 38.5 Å². The molecular formula is C20H23N4OY-. The molecule has 0 bridgehead atoms. The third-order valence-electron chi connectivity index (χ3n) is 4.38. The Morgan fingerprint density at radius 2 is 1.88 bits per heavy atom. The van der Waals surface area contributed by atoms with Gasteiger partial charge in [0.1, 0.15) is 0 Å². The van der Waals surface area contributed by atoms with Crippen LogP contribution < -0.4 is 0 Å². The molecule has 2 heterocycles. The summed E-state index contributed by atoms with van der Waals surface area (Å²) >= 11 is 0. The number of amides is 1. The number of imidazole rings is 1. The quantitative estimate of drug-likeness (QED) is 0.591. The van der Waals surface area contributed by atoms with Crippen LogP contribution in [0.15, 0.2) is 30.3 Å². The molecule has 0 atom stereocenters. The Morgan fingerprint density at radius 1 is 1.15 bits per heavy atom. The van der Waals surface area contributed by atoms with Crippen molar-refractivity contribution >= 4 is 11.6 Å². The van der Waals surface area contributed by atoms with Crippen molar-refractivity contribution in [1.82, 2.24) is 19.5 Å². The van der Waals surface area contributed by atoms with Crippen molar-refractivity contribution in [3.8, 4) is 11.3 Å². The van der Waals surface area contributed by atoms with Crippen molar-refractivity contribution in [1.29, 1.82) is 0 Å².